The topological polar surface area (TPSA) is 26.0 Å². The first-order valence-electron chi connectivity index (χ1n) is 8.11. The highest BCUT2D eigenvalue weighted by atomic mass is 19.1. The second-order valence-electron chi connectivity index (χ2n) is 6.15. The zero-order valence-electron chi connectivity index (χ0n) is 13.1. The molecule has 1 atom stereocenters. The van der Waals surface area contributed by atoms with Crippen molar-refractivity contribution in [3.63, 3.8) is 0 Å². The SMILES string of the molecule is CCCCCCCCCCC(C)(N)c1cccc(F)c1. The third-order valence-corrected chi connectivity index (χ3v) is 4.03. The van der Waals surface area contributed by atoms with E-state index in [1.165, 1.54) is 51.0 Å². The van der Waals surface area contributed by atoms with Crippen LogP contribution < -0.4 is 5.73 Å². The number of hydrogen-bond donors (Lipinski definition) is 1. The quantitative estimate of drug-likeness (QED) is 0.560. The van der Waals surface area contributed by atoms with Crippen molar-refractivity contribution in [3.05, 3.63) is 35.6 Å². The van der Waals surface area contributed by atoms with Crippen LogP contribution in [0.1, 0.15) is 77.2 Å². The summed E-state index contributed by atoms with van der Waals surface area (Å²) >= 11 is 0. The molecule has 0 spiro atoms. The van der Waals surface area contributed by atoms with Gasteiger partial charge in [0.2, 0.25) is 0 Å². The van der Waals surface area contributed by atoms with Crippen molar-refractivity contribution < 1.29 is 4.39 Å². The Morgan fingerprint density at radius 3 is 2.20 bits per heavy atom. The fraction of sp³-hybridized carbons (Fsp3) is 0.667. The summed E-state index contributed by atoms with van der Waals surface area (Å²) in [7, 11) is 0. The molecule has 0 amide bonds. The van der Waals surface area contributed by atoms with Gasteiger partial charge in [-0.3, -0.25) is 0 Å². The van der Waals surface area contributed by atoms with Gasteiger partial charge in [-0.15, -0.1) is 0 Å². The monoisotopic (exact) mass is 279 g/mol. The van der Waals surface area contributed by atoms with Crippen molar-refractivity contribution in [1.29, 1.82) is 0 Å². The molecule has 0 aliphatic carbocycles. The van der Waals surface area contributed by atoms with Crippen LogP contribution in [0.5, 0.6) is 0 Å². The van der Waals surface area contributed by atoms with Crippen LogP contribution in [0.3, 0.4) is 0 Å². The second kappa shape index (κ2) is 9.12. The van der Waals surface area contributed by atoms with E-state index in [0.717, 1.165) is 18.4 Å². The van der Waals surface area contributed by atoms with Crippen LogP contribution in [0, 0.1) is 5.82 Å². The van der Waals surface area contributed by atoms with Crippen molar-refractivity contribution in [2.45, 2.75) is 77.2 Å². The Labute approximate surface area is 123 Å². The van der Waals surface area contributed by atoms with Crippen molar-refractivity contribution >= 4 is 0 Å². The molecule has 0 saturated carbocycles. The highest BCUT2D eigenvalue weighted by molar-refractivity contribution is 5.23. The van der Waals surface area contributed by atoms with Gasteiger partial charge >= 0.3 is 0 Å². The average Bonchev–Trinajstić information content (AvgIpc) is 2.42. The average molecular weight is 279 g/mol. The van der Waals surface area contributed by atoms with Crippen molar-refractivity contribution in [2.24, 2.45) is 5.73 Å². The van der Waals surface area contributed by atoms with Gasteiger partial charge in [0, 0.05) is 5.54 Å². The van der Waals surface area contributed by atoms with Gasteiger partial charge in [0.25, 0.3) is 0 Å². The summed E-state index contributed by atoms with van der Waals surface area (Å²) in [6.45, 7) is 4.25. The molecule has 0 bridgehead atoms. The Bertz CT molecular complexity index is 373. The van der Waals surface area contributed by atoms with E-state index >= 15 is 0 Å². The van der Waals surface area contributed by atoms with E-state index in [2.05, 4.69) is 6.92 Å². The molecule has 0 radical (unpaired) electrons. The van der Waals surface area contributed by atoms with Crippen LogP contribution >= 0.6 is 0 Å². The fourth-order valence-corrected chi connectivity index (χ4v) is 2.61. The third kappa shape index (κ3) is 6.51. The molecule has 2 heteroatoms. The third-order valence-electron chi connectivity index (χ3n) is 4.03. The maximum absolute atomic E-state index is 13.2. The van der Waals surface area contributed by atoms with E-state index in [0.29, 0.717) is 0 Å². The van der Waals surface area contributed by atoms with Crippen molar-refractivity contribution in [2.75, 3.05) is 0 Å². The molecule has 1 nitrogen and oxygen atoms in total. The largest absolute Gasteiger partial charge is 0.322 e. The molecule has 1 rings (SSSR count). The van der Waals surface area contributed by atoms with Crippen molar-refractivity contribution in [1.82, 2.24) is 0 Å². The second-order valence-corrected chi connectivity index (χ2v) is 6.15. The van der Waals surface area contributed by atoms with Crippen LogP contribution in [-0.2, 0) is 5.54 Å². The predicted molar refractivity (Wildman–Crippen MR) is 85.2 cm³/mol. The standard InChI is InChI=1S/C18H30FN/c1-3-4-5-6-7-8-9-10-14-18(2,20)16-12-11-13-17(19)15-16/h11-13,15H,3-10,14,20H2,1-2H3. The first kappa shape index (κ1) is 17.2. The molecule has 2 N–H and O–H groups in total. The first-order chi connectivity index (χ1) is 9.56. The van der Waals surface area contributed by atoms with Gasteiger partial charge < -0.3 is 5.73 Å². The zero-order chi connectivity index (χ0) is 14.8. The van der Waals surface area contributed by atoms with Crippen LogP contribution in [0.4, 0.5) is 4.39 Å². The van der Waals surface area contributed by atoms with E-state index in [1.807, 2.05) is 13.0 Å². The molecule has 0 heterocycles. The normalized spacial score (nSPS) is 14.2. The van der Waals surface area contributed by atoms with E-state index in [-0.39, 0.29) is 5.82 Å². The number of unbranched alkanes of at least 4 members (excludes halogenated alkanes) is 7. The molecule has 0 aliphatic heterocycles. The van der Waals surface area contributed by atoms with Gasteiger partial charge in [-0.1, -0.05) is 70.4 Å². The first-order valence-corrected chi connectivity index (χ1v) is 8.11. The summed E-state index contributed by atoms with van der Waals surface area (Å²) in [6.07, 6.45) is 11.3. The summed E-state index contributed by atoms with van der Waals surface area (Å²) in [4.78, 5) is 0. The van der Waals surface area contributed by atoms with E-state index in [4.69, 9.17) is 5.73 Å². The number of nitrogens with two attached hydrogens (primary N) is 1. The number of halogens is 1. The Balaban J connectivity index is 2.20. The summed E-state index contributed by atoms with van der Waals surface area (Å²) in [6, 6.07) is 6.69. The minimum atomic E-state index is -0.412. The maximum atomic E-state index is 13.2. The summed E-state index contributed by atoms with van der Waals surface area (Å²) < 4.78 is 13.2. The van der Waals surface area contributed by atoms with Gasteiger partial charge in [0.1, 0.15) is 5.82 Å². The summed E-state index contributed by atoms with van der Waals surface area (Å²) in [5.41, 5.74) is 6.81. The predicted octanol–water partition coefficient (Wildman–Crippen LogP) is 5.53. The fourth-order valence-electron chi connectivity index (χ4n) is 2.61. The Morgan fingerprint density at radius 1 is 1.00 bits per heavy atom. The minimum Gasteiger partial charge on any atom is -0.322 e. The lowest BCUT2D eigenvalue weighted by atomic mass is 9.87. The number of rotatable bonds is 10. The van der Waals surface area contributed by atoms with Crippen LogP contribution in [0.2, 0.25) is 0 Å². The Hall–Kier alpha value is -0.890. The lowest BCUT2D eigenvalue weighted by Crippen LogP contribution is -2.32. The molecule has 1 aromatic carbocycles. The van der Waals surface area contributed by atoms with Gasteiger partial charge in [-0.25, -0.2) is 4.39 Å². The summed E-state index contributed by atoms with van der Waals surface area (Å²) in [5.74, 6) is -0.199. The van der Waals surface area contributed by atoms with Gasteiger partial charge in [0.15, 0.2) is 0 Å². The lowest BCUT2D eigenvalue weighted by molar-refractivity contribution is 0.418. The molecule has 0 aliphatic rings. The van der Waals surface area contributed by atoms with Crippen LogP contribution in [-0.4, -0.2) is 0 Å². The van der Waals surface area contributed by atoms with E-state index in [9.17, 15) is 4.39 Å². The molecule has 20 heavy (non-hydrogen) atoms. The van der Waals surface area contributed by atoms with Crippen LogP contribution in [0.15, 0.2) is 24.3 Å². The number of hydrogen-bond acceptors (Lipinski definition) is 1. The van der Waals surface area contributed by atoms with Gasteiger partial charge in [-0.05, 0) is 31.0 Å². The molecule has 0 saturated heterocycles. The molecule has 0 aromatic heterocycles. The zero-order valence-corrected chi connectivity index (χ0v) is 13.1. The molecule has 1 unspecified atom stereocenters. The molecule has 114 valence electrons. The van der Waals surface area contributed by atoms with Gasteiger partial charge in [0.05, 0.1) is 0 Å². The lowest BCUT2D eigenvalue weighted by Gasteiger charge is -2.25. The molecule has 0 fully saturated rings. The molecular weight excluding hydrogens is 249 g/mol. The minimum absolute atomic E-state index is 0.199. The highest BCUT2D eigenvalue weighted by Gasteiger charge is 2.20. The smallest absolute Gasteiger partial charge is 0.123 e. The van der Waals surface area contributed by atoms with E-state index < -0.39 is 5.54 Å². The van der Waals surface area contributed by atoms with Crippen molar-refractivity contribution in [3.8, 4) is 0 Å². The molecule has 1 aromatic rings. The summed E-state index contributed by atoms with van der Waals surface area (Å²) in [5, 5.41) is 0. The van der Waals surface area contributed by atoms with Crippen LogP contribution in [0.25, 0.3) is 0 Å². The highest BCUT2D eigenvalue weighted by Crippen LogP contribution is 2.25. The molecular formula is C18H30FN. The maximum Gasteiger partial charge on any atom is 0.123 e. The Morgan fingerprint density at radius 2 is 1.60 bits per heavy atom. The van der Waals surface area contributed by atoms with Gasteiger partial charge in [-0.2, -0.15) is 0 Å². The number of benzene rings is 1. The van der Waals surface area contributed by atoms with E-state index in [1.54, 1.807) is 12.1 Å². The Kier molecular flexibility index (Phi) is 7.83.